The molecule has 10 heteroatoms. The molecule has 0 aromatic heterocycles. The van der Waals surface area contributed by atoms with Gasteiger partial charge in [0, 0.05) is 6.54 Å². The third-order valence-electron chi connectivity index (χ3n) is 4.47. The van der Waals surface area contributed by atoms with Crippen molar-refractivity contribution < 1.29 is 26.4 Å². The predicted molar refractivity (Wildman–Crippen MR) is 107 cm³/mol. The van der Waals surface area contributed by atoms with Gasteiger partial charge in [-0.25, -0.2) is 13.1 Å². The largest absolute Gasteiger partial charge is 0.416 e. The molecule has 0 radical (unpaired) electrons. The number of hydrogen-bond donors (Lipinski definition) is 2. The van der Waals surface area contributed by atoms with Crippen molar-refractivity contribution in [2.75, 3.05) is 27.2 Å². The molecule has 1 unspecified atom stereocenters. The zero-order valence-electron chi connectivity index (χ0n) is 16.8. The zero-order valence-corrected chi connectivity index (χ0v) is 17.6. The van der Waals surface area contributed by atoms with Crippen LogP contribution in [0.4, 0.5) is 13.2 Å². The molecule has 1 atom stereocenters. The molecule has 2 aromatic carbocycles. The Balaban J connectivity index is 1.98. The molecule has 164 valence electrons. The Morgan fingerprint density at radius 3 is 2.30 bits per heavy atom. The number of nitrogens with zero attached hydrogens (tertiary/aromatic N) is 1. The van der Waals surface area contributed by atoms with Crippen LogP contribution in [-0.2, 0) is 21.0 Å². The summed E-state index contributed by atoms with van der Waals surface area (Å²) in [4.78, 5) is 13.5. The van der Waals surface area contributed by atoms with E-state index in [-0.39, 0.29) is 12.6 Å². The van der Waals surface area contributed by atoms with Gasteiger partial charge >= 0.3 is 6.18 Å². The molecule has 0 heterocycles. The molecule has 2 aromatic rings. The first kappa shape index (κ1) is 23.8. The molecule has 0 aliphatic rings. The van der Waals surface area contributed by atoms with Gasteiger partial charge in [-0.2, -0.15) is 13.2 Å². The van der Waals surface area contributed by atoms with Gasteiger partial charge in [-0.3, -0.25) is 4.79 Å². The van der Waals surface area contributed by atoms with Gasteiger partial charge in [0.1, 0.15) is 0 Å². The number of carbonyl (C=O) groups excluding carboxylic acids is 1. The second kappa shape index (κ2) is 9.59. The van der Waals surface area contributed by atoms with E-state index in [0.29, 0.717) is 6.07 Å². The van der Waals surface area contributed by atoms with Gasteiger partial charge in [-0.15, -0.1) is 0 Å². The lowest BCUT2D eigenvalue weighted by Crippen LogP contribution is -2.40. The number of nitrogens with one attached hydrogen (secondary N) is 2. The first-order valence-corrected chi connectivity index (χ1v) is 10.5. The van der Waals surface area contributed by atoms with E-state index in [2.05, 4.69) is 5.32 Å². The fourth-order valence-electron chi connectivity index (χ4n) is 2.74. The van der Waals surface area contributed by atoms with Crippen molar-refractivity contribution in [2.24, 2.45) is 0 Å². The predicted octanol–water partition coefficient (Wildman–Crippen LogP) is 2.71. The van der Waals surface area contributed by atoms with Crippen molar-refractivity contribution in [1.29, 1.82) is 0 Å². The maximum atomic E-state index is 12.8. The van der Waals surface area contributed by atoms with Crippen LogP contribution in [0.2, 0.25) is 0 Å². The summed E-state index contributed by atoms with van der Waals surface area (Å²) in [5, 5.41) is 2.65. The number of amides is 1. The smallest absolute Gasteiger partial charge is 0.353 e. The first-order valence-electron chi connectivity index (χ1n) is 9.07. The number of alkyl halides is 3. The number of sulfonamides is 1. The summed E-state index contributed by atoms with van der Waals surface area (Å²) in [5.74, 6) is -0.593. The fraction of sp³-hybridized carbons (Fsp3) is 0.350. The highest BCUT2D eigenvalue weighted by molar-refractivity contribution is 7.89. The Hall–Kier alpha value is -2.43. The third kappa shape index (κ3) is 6.54. The van der Waals surface area contributed by atoms with Gasteiger partial charge in [0.25, 0.3) is 0 Å². The Morgan fingerprint density at radius 2 is 1.73 bits per heavy atom. The summed E-state index contributed by atoms with van der Waals surface area (Å²) in [6.45, 7) is 1.61. The summed E-state index contributed by atoms with van der Waals surface area (Å²) >= 11 is 0. The number of benzene rings is 2. The summed E-state index contributed by atoms with van der Waals surface area (Å²) in [6.07, 6.45) is -4.67. The molecular weight excluding hydrogens is 419 g/mol. The topological polar surface area (TPSA) is 78.5 Å². The van der Waals surface area contributed by atoms with E-state index < -0.39 is 39.1 Å². The van der Waals surface area contributed by atoms with Crippen LogP contribution in [0.3, 0.4) is 0 Å². The number of rotatable bonds is 8. The van der Waals surface area contributed by atoms with E-state index in [4.69, 9.17) is 0 Å². The quantitative estimate of drug-likeness (QED) is 0.658. The van der Waals surface area contributed by atoms with E-state index in [1.807, 2.05) is 54.9 Å². The molecule has 0 saturated carbocycles. The van der Waals surface area contributed by atoms with Crippen LogP contribution in [0.15, 0.2) is 53.4 Å². The molecule has 0 saturated heterocycles. The highest BCUT2D eigenvalue weighted by Crippen LogP contribution is 2.30. The summed E-state index contributed by atoms with van der Waals surface area (Å²) < 4.78 is 64.9. The second-order valence-corrected chi connectivity index (χ2v) is 8.81. The Labute approximate surface area is 174 Å². The van der Waals surface area contributed by atoms with E-state index in [1.165, 1.54) is 0 Å². The number of halogens is 3. The normalized spacial score (nSPS) is 13.3. The van der Waals surface area contributed by atoms with Gasteiger partial charge in [-0.1, -0.05) is 35.9 Å². The van der Waals surface area contributed by atoms with Crippen LogP contribution < -0.4 is 10.0 Å². The average Bonchev–Trinajstić information content (AvgIpc) is 2.67. The molecule has 0 bridgehead atoms. The zero-order chi connectivity index (χ0) is 22.5. The molecule has 6 nitrogen and oxygen atoms in total. The van der Waals surface area contributed by atoms with Crippen molar-refractivity contribution in [1.82, 2.24) is 14.9 Å². The number of hydrogen-bond acceptors (Lipinski definition) is 4. The van der Waals surface area contributed by atoms with E-state index in [1.54, 1.807) is 0 Å². The lowest BCUT2D eigenvalue weighted by molar-refractivity contribution is -0.137. The van der Waals surface area contributed by atoms with Crippen LogP contribution in [-0.4, -0.2) is 46.4 Å². The summed E-state index contributed by atoms with van der Waals surface area (Å²) in [7, 11) is -0.563. The molecule has 2 N–H and O–H groups in total. The monoisotopic (exact) mass is 443 g/mol. The Bertz CT molecular complexity index is 975. The molecule has 0 aliphatic carbocycles. The first-order chi connectivity index (χ1) is 13.9. The van der Waals surface area contributed by atoms with Gasteiger partial charge in [0.15, 0.2) is 0 Å². The minimum Gasteiger partial charge on any atom is -0.353 e. The van der Waals surface area contributed by atoms with Gasteiger partial charge in [0.2, 0.25) is 15.9 Å². The van der Waals surface area contributed by atoms with Gasteiger partial charge in [0.05, 0.1) is 23.0 Å². The average molecular weight is 443 g/mol. The Morgan fingerprint density at radius 1 is 1.10 bits per heavy atom. The number of aryl methyl sites for hydroxylation is 1. The van der Waals surface area contributed by atoms with Crippen LogP contribution >= 0.6 is 0 Å². The van der Waals surface area contributed by atoms with Crippen molar-refractivity contribution in [2.45, 2.75) is 24.0 Å². The highest BCUT2D eigenvalue weighted by Gasteiger charge is 2.31. The van der Waals surface area contributed by atoms with Crippen molar-refractivity contribution in [3.63, 3.8) is 0 Å². The Kier molecular flexibility index (Phi) is 7.62. The molecule has 30 heavy (non-hydrogen) atoms. The van der Waals surface area contributed by atoms with E-state index >= 15 is 0 Å². The van der Waals surface area contributed by atoms with Crippen molar-refractivity contribution in [3.05, 3.63) is 65.2 Å². The van der Waals surface area contributed by atoms with Crippen LogP contribution in [0, 0.1) is 6.92 Å². The van der Waals surface area contributed by atoms with Crippen molar-refractivity contribution in [3.8, 4) is 0 Å². The molecule has 1 amide bonds. The summed E-state index contributed by atoms with van der Waals surface area (Å²) in [5.41, 5.74) is 1.00. The number of carbonyl (C=O) groups is 1. The standard InChI is InChI=1S/C20H24F3N3O3S/c1-14-7-9-15(10-8-14)18(26(2)3)12-24-19(27)13-25-30(28,29)17-6-4-5-16(11-17)20(21,22)23/h4-11,18,25H,12-13H2,1-3H3,(H,24,27). The van der Waals surface area contributed by atoms with Crippen LogP contribution in [0.25, 0.3) is 0 Å². The molecule has 2 rings (SSSR count). The van der Waals surface area contributed by atoms with Crippen LogP contribution in [0.1, 0.15) is 22.7 Å². The third-order valence-corrected chi connectivity index (χ3v) is 5.87. The minimum atomic E-state index is -4.67. The number of likely N-dealkylation sites (N-methyl/N-ethyl adjacent to an activating group) is 1. The summed E-state index contributed by atoms with van der Waals surface area (Å²) in [6, 6.07) is 11.0. The highest BCUT2D eigenvalue weighted by atomic mass is 32.2. The van der Waals surface area contributed by atoms with Crippen LogP contribution in [0.5, 0.6) is 0 Å². The lowest BCUT2D eigenvalue weighted by atomic mass is 10.0. The minimum absolute atomic E-state index is 0.130. The lowest BCUT2D eigenvalue weighted by Gasteiger charge is -2.25. The molecule has 0 spiro atoms. The maximum Gasteiger partial charge on any atom is 0.416 e. The van der Waals surface area contributed by atoms with Crippen molar-refractivity contribution >= 4 is 15.9 Å². The fourth-order valence-corrected chi connectivity index (χ4v) is 3.77. The second-order valence-electron chi connectivity index (χ2n) is 7.04. The molecule has 0 fully saturated rings. The SMILES string of the molecule is Cc1ccc(C(CNC(=O)CNS(=O)(=O)c2cccc(C(F)(F)F)c2)N(C)C)cc1. The maximum absolute atomic E-state index is 12.8. The van der Waals surface area contributed by atoms with E-state index in [0.717, 1.165) is 29.3 Å². The molecule has 0 aliphatic heterocycles. The van der Waals surface area contributed by atoms with Gasteiger partial charge < -0.3 is 10.2 Å². The van der Waals surface area contributed by atoms with E-state index in [9.17, 15) is 26.4 Å². The molecular formula is C20H24F3N3O3S. The van der Waals surface area contributed by atoms with Gasteiger partial charge in [-0.05, 0) is 44.8 Å².